The first kappa shape index (κ1) is 24.3. The number of carbonyl (C=O) groups excluding carboxylic acids is 2. The number of likely N-dealkylation sites (tertiary alicyclic amines) is 1. The van der Waals surface area contributed by atoms with Crippen molar-refractivity contribution in [3.8, 4) is 0 Å². The number of hydrogen-bond acceptors (Lipinski definition) is 6. The molecule has 2 heterocycles. The molecule has 178 valence electrons. The van der Waals surface area contributed by atoms with Crippen LogP contribution in [0, 0.1) is 0 Å². The maximum absolute atomic E-state index is 12.5. The number of nitrogens with one attached hydrogen (secondary N) is 2. The van der Waals surface area contributed by atoms with Crippen LogP contribution in [0.15, 0.2) is 24.3 Å². The molecule has 2 aliphatic rings. The van der Waals surface area contributed by atoms with Gasteiger partial charge in [0.2, 0.25) is 5.91 Å². The van der Waals surface area contributed by atoms with Crippen LogP contribution in [0.4, 0.5) is 16.2 Å². The van der Waals surface area contributed by atoms with E-state index in [1.54, 1.807) is 0 Å². The summed E-state index contributed by atoms with van der Waals surface area (Å²) in [6.07, 6.45) is 3.31. The lowest BCUT2D eigenvalue weighted by atomic mass is 10.0. The number of carbonyl (C=O) groups is 2. The predicted molar refractivity (Wildman–Crippen MR) is 126 cm³/mol. The van der Waals surface area contributed by atoms with Gasteiger partial charge in [0.25, 0.3) is 0 Å². The smallest absolute Gasteiger partial charge is 0.407 e. The molecule has 0 bridgehead atoms. The Morgan fingerprint density at radius 2 is 1.81 bits per heavy atom. The minimum atomic E-state index is -0.505. The molecular weight excluding hydrogens is 408 g/mol. The number of ether oxygens (including phenoxy) is 2. The number of anilines is 2. The molecular formula is C24H38N4O4. The highest BCUT2D eigenvalue weighted by atomic mass is 16.6. The Hall–Kier alpha value is -2.32. The molecule has 0 spiro atoms. The fourth-order valence-electron chi connectivity index (χ4n) is 4.15. The van der Waals surface area contributed by atoms with Gasteiger partial charge in [-0.05, 0) is 64.4 Å². The highest BCUT2D eigenvalue weighted by Crippen LogP contribution is 2.20. The SMILES string of the molecule is CC(C)(C)OC(=O)NCC1CCCCN1CCC(=O)Nc1ccc(N2CCOCC2)cc1. The molecule has 2 aliphatic heterocycles. The predicted octanol–water partition coefficient (Wildman–Crippen LogP) is 3.23. The van der Waals surface area contributed by atoms with E-state index in [1.807, 2.05) is 45.0 Å². The summed E-state index contributed by atoms with van der Waals surface area (Å²) in [6.45, 7) is 11.0. The van der Waals surface area contributed by atoms with Gasteiger partial charge in [-0.15, -0.1) is 0 Å². The van der Waals surface area contributed by atoms with Gasteiger partial charge in [0.1, 0.15) is 5.60 Å². The van der Waals surface area contributed by atoms with Crippen molar-refractivity contribution < 1.29 is 19.1 Å². The van der Waals surface area contributed by atoms with Gasteiger partial charge in [-0.2, -0.15) is 0 Å². The van der Waals surface area contributed by atoms with Crippen LogP contribution in [0.25, 0.3) is 0 Å². The number of rotatable bonds is 7. The van der Waals surface area contributed by atoms with Gasteiger partial charge in [0.05, 0.1) is 13.2 Å². The maximum Gasteiger partial charge on any atom is 0.407 e. The van der Waals surface area contributed by atoms with Crippen molar-refractivity contribution in [1.29, 1.82) is 0 Å². The van der Waals surface area contributed by atoms with Crippen LogP contribution in [0.1, 0.15) is 46.5 Å². The van der Waals surface area contributed by atoms with Crippen LogP contribution in [-0.2, 0) is 14.3 Å². The average Bonchev–Trinajstić information content (AvgIpc) is 2.77. The quantitative estimate of drug-likeness (QED) is 0.669. The fraction of sp³-hybridized carbons (Fsp3) is 0.667. The molecule has 1 unspecified atom stereocenters. The van der Waals surface area contributed by atoms with Crippen LogP contribution in [0.3, 0.4) is 0 Å². The second kappa shape index (κ2) is 11.5. The normalized spacial score (nSPS) is 20.0. The summed E-state index contributed by atoms with van der Waals surface area (Å²) in [4.78, 5) is 29.1. The van der Waals surface area contributed by atoms with E-state index in [9.17, 15) is 9.59 Å². The minimum absolute atomic E-state index is 0.00791. The van der Waals surface area contributed by atoms with E-state index < -0.39 is 5.60 Å². The van der Waals surface area contributed by atoms with Gasteiger partial charge in [0, 0.05) is 50.0 Å². The molecule has 1 aromatic carbocycles. The molecule has 0 saturated carbocycles. The standard InChI is InChI=1S/C24H38N4O4/c1-24(2,3)32-23(30)25-18-21-6-4-5-12-27(21)13-11-22(29)26-19-7-9-20(10-8-19)28-14-16-31-17-15-28/h7-10,21H,4-6,11-18H2,1-3H3,(H,25,30)(H,26,29). The third-order valence-electron chi connectivity index (χ3n) is 5.78. The molecule has 2 N–H and O–H groups in total. The van der Waals surface area contributed by atoms with Gasteiger partial charge < -0.3 is 25.0 Å². The topological polar surface area (TPSA) is 83.1 Å². The highest BCUT2D eigenvalue weighted by Gasteiger charge is 2.24. The Morgan fingerprint density at radius 1 is 1.09 bits per heavy atom. The summed E-state index contributed by atoms with van der Waals surface area (Å²) < 4.78 is 10.7. The van der Waals surface area contributed by atoms with E-state index in [1.165, 1.54) is 0 Å². The van der Waals surface area contributed by atoms with E-state index in [2.05, 4.69) is 20.4 Å². The van der Waals surface area contributed by atoms with Crippen LogP contribution in [0.5, 0.6) is 0 Å². The molecule has 0 radical (unpaired) electrons. The summed E-state index contributed by atoms with van der Waals surface area (Å²) in [5.41, 5.74) is 1.46. The number of piperidine rings is 1. The summed E-state index contributed by atoms with van der Waals surface area (Å²) in [5.74, 6) is 0.00791. The van der Waals surface area contributed by atoms with E-state index >= 15 is 0 Å². The van der Waals surface area contributed by atoms with E-state index in [-0.39, 0.29) is 18.0 Å². The lowest BCUT2D eigenvalue weighted by Crippen LogP contribution is -2.48. The van der Waals surface area contributed by atoms with Crippen LogP contribution in [-0.4, -0.2) is 74.5 Å². The molecule has 8 nitrogen and oxygen atoms in total. The van der Waals surface area contributed by atoms with Crippen molar-refractivity contribution >= 4 is 23.4 Å². The first-order chi connectivity index (χ1) is 15.3. The van der Waals surface area contributed by atoms with Crippen molar-refractivity contribution in [3.05, 3.63) is 24.3 Å². The molecule has 2 amide bonds. The van der Waals surface area contributed by atoms with Crippen LogP contribution < -0.4 is 15.5 Å². The molecule has 1 atom stereocenters. The lowest BCUT2D eigenvalue weighted by molar-refractivity contribution is -0.116. The molecule has 1 aromatic rings. The number of morpholine rings is 1. The van der Waals surface area contributed by atoms with E-state index in [0.29, 0.717) is 19.5 Å². The number of nitrogens with zero attached hydrogens (tertiary/aromatic N) is 2. The first-order valence-corrected chi connectivity index (χ1v) is 11.7. The number of hydrogen-bond donors (Lipinski definition) is 2. The maximum atomic E-state index is 12.5. The molecule has 0 aromatic heterocycles. The molecule has 0 aliphatic carbocycles. The molecule has 2 fully saturated rings. The zero-order chi connectivity index (χ0) is 23.0. The van der Waals surface area contributed by atoms with Crippen molar-refractivity contribution in [2.75, 3.05) is 56.2 Å². The summed E-state index contributed by atoms with van der Waals surface area (Å²) in [6, 6.07) is 8.24. The Labute approximate surface area is 191 Å². The Morgan fingerprint density at radius 3 is 2.50 bits per heavy atom. The van der Waals surface area contributed by atoms with Crippen molar-refractivity contribution in [1.82, 2.24) is 10.2 Å². The Balaban J connectivity index is 1.42. The van der Waals surface area contributed by atoms with Crippen molar-refractivity contribution in [2.45, 2.75) is 58.1 Å². The molecule has 8 heteroatoms. The lowest BCUT2D eigenvalue weighted by Gasteiger charge is -2.35. The third-order valence-corrected chi connectivity index (χ3v) is 5.78. The zero-order valence-electron chi connectivity index (χ0n) is 19.7. The molecule has 2 saturated heterocycles. The minimum Gasteiger partial charge on any atom is -0.444 e. The zero-order valence-corrected chi connectivity index (χ0v) is 19.7. The second-order valence-corrected chi connectivity index (χ2v) is 9.51. The third kappa shape index (κ3) is 7.98. The van der Waals surface area contributed by atoms with Gasteiger partial charge in [-0.3, -0.25) is 9.69 Å². The van der Waals surface area contributed by atoms with Gasteiger partial charge in [-0.25, -0.2) is 4.79 Å². The average molecular weight is 447 g/mol. The summed E-state index contributed by atoms with van der Waals surface area (Å²) >= 11 is 0. The Kier molecular flexibility index (Phi) is 8.75. The fourth-order valence-corrected chi connectivity index (χ4v) is 4.15. The molecule has 3 rings (SSSR count). The number of benzene rings is 1. The van der Waals surface area contributed by atoms with E-state index in [0.717, 1.165) is 63.5 Å². The highest BCUT2D eigenvalue weighted by molar-refractivity contribution is 5.91. The summed E-state index contributed by atoms with van der Waals surface area (Å²) in [7, 11) is 0. The van der Waals surface area contributed by atoms with Crippen molar-refractivity contribution in [3.63, 3.8) is 0 Å². The largest absolute Gasteiger partial charge is 0.444 e. The summed E-state index contributed by atoms with van der Waals surface area (Å²) in [5, 5.41) is 5.89. The molecule has 32 heavy (non-hydrogen) atoms. The van der Waals surface area contributed by atoms with E-state index in [4.69, 9.17) is 9.47 Å². The van der Waals surface area contributed by atoms with Crippen LogP contribution in [0.2, 0.25) is 0 Å². The van der Waals surface area contributed by atoms with Crippen LogP contribution >= 0.6 is 0 Å². The number of alkyl carbamates (subject to hydrolysis) is 1. The monoisotopic (exact) mass is 446 g/mol. The Bertz CT molecular complexity index is 741. The van der Waals surface area contributed by atoms with Gasteiger partial charge >= 0.3 is 6.09 Å². The van der Waals surface area contributed by atoms with Gasteiger partial charge in [-0.1, -0.05) is 6.42 Å². The van der Waals surface area contributed by atoms with Crippen molar-refractivity contribution in [2.24, 2.45) is 0 Å². The van der Waals surface area contributed by atoms with Gasteiger partial charge in [0.15, 0.2) is 0 Å². The first-order valence-electron chi connectivity index (χ1n) is 11.7. The number of amides is 2. The second-order valence-electron chi connectivity index (χ2n) is 9.51.